The van der Waals surface area contributed by atoms with Gasteiger partial charge in [0.1, 0.15) is 0 Å². The molecule has 1 saturated carbocycles. The second kappa shape index (κ2) is 3.75. The Balaban J connectivity index is 1.69. The molecule has 0 saturated heterocycles. The van der Waals surface area contributed by atoms with Crippen LogP contribution in [0.3, 0.4) is 0 Å². The van der Waals surface area contributed by atoms with E-state index in [1.165, 1.54) is 12.8 Å². The lowest BCUT2D eigenvalue weighted by atomic mass is 10.4. The van der Waals surface area contributed by atoms with Crippen LogP contribution in [0, 0.1) is 0 Å². The summed E-state index contributed by atoms with van der Waals surface area (Å²) in [6.45, 7) is 0.726. The van der Waals surface area contributed by atoms with Gasteiger partial charge in [0.15, 0.2) is 5.76 Å². The molecule has 2 aromatic heterocycles. The summed E-state index contributed by atoms with van der Waals surface area (Å²) in [7, 11) is 0. The first-order valence-electron chi connectivity index (χ1n) is 4.99. The lowest BCUT2D eigenvalue weighted by molar-refractivity contribution is 0.477. The Kier molecular flexibility index (Phi) is 2.26. The summed E-state index contributed by atoms with van der Waals surface area (Å²) in [4.78, 5) is 9.26. The highest BCUT2D eigenvalue weighted by atomic mass is 32.1. The highest BCUT2D eigenvalue weighted by molar-refractivity contribution is 7.13. The zero-order chi connectivity index (χ0) is 10.1. The number of oxazole rings is 1. The number of nitrogens with zero attached hydrogens (tertiary/aromatic N) is 2. The fraction of sp³-hybridized carbons (Fsp3) is 0.400. The molecule has 2 aromatic rings. The van der Waals surface area contributed by atoms with Crippen molar-refractivity contribution in [1.29, 1.82) is 0 Å². The van der Waals surface area contributed by atoms with Gasteiger partial charge in [0, 0.05) is 12.2 Å². The molecule has 5 heteroatoms. The largest absolute Gasteiger partial charge is 0.438 e. The van der Waals surface area contributed by atoms with Crippen LogP contribution in [-0.4, -0.2) is 16.0 Å². The van der Waals surface area contributed by atoms with Crippen LogP contribution in [-0.2, 0) is 6.54 Å². The first-order valence-corrected chi connectivity index (χ1v) is 5.87. The van der Waals surface area contributed by atoms with Crippen LogP contribution >= 0.6 is 11.3 Å². The van der Waals surface area contributed by atoms with Crippen molar-refractivity contribution in [3.05, 3.63) is 23.8 Å². The molecule has 0 radical (unpaired) electrons. The normalized spacial score (nSPS) is 15.7. The van der Waals surface area contributed by atoms with Crippen molar-refractivity contribution < 1.29 is 4.42 Å². The van der Waals surface area contributed by atoms with Gasteiger partial charge >= 0.3 is 0 Å². The predicted octanol–water partition coefficient (Wildman–Crippen LogP) is 2.05. The topological polar surface area (TPSA) is 51.0 Å². The summed E-state index contributed by atoms with van der Waals surface area (Å²) in [6, 6.07) is 0.684. The van der Waals surface area contributed by atoms with Crippen LogP contribution in [0.25, 0.3) is 10.6 Å². The van der Waals surface area contributed by atoms with Gasteiger partial charge in [0.25, 0.3) is 0 Å². The maximum Gasteiger partial charge on any atom is 0.208 e. The molecule has 78 valence electrons. The van der Waals surface area contributed by atoms with Gasteiger partial charge in [-0.3, -0.25) is 4.98 Å². The number of thiazole rings is 1. The molecule has 0 aliphatic heterocycles. The molecule has 0 amide bonds. The van der Waals surface area contributed by atoms with E-state index in [-0.39, 0.29) is 0 Å². The van der Waals surface area contributed by atoms with Crippen molar-refractivity contribution >= 4 is 11.3 Å². The van der Waals surface area contributed by atoms with Gasteiger partial charge in [-0.15, -0.1) is 11.3 Å². The summed E-state index contributed by atoms with van der Waals surface area (Å²) in [6.07, 6.45) is 6.12. The van der Waals surface area contributed by atoms with E-state index < -0.39 is 0 Å². The SMILES string of the molecule is c1ncc(-c2cnc(CNC3CC3)o2)s1. The van der Waals surface area contributed by atoms with E-state index in [4.69, 9.17) is 4.42 Å². The number of hydrogen-bond acceptors (Lipinski definition) is 5. The lowest BCUT2D eigenvalue weighted by Gasteiger charge is -1.96. The standard InChI is InChI=1S/C10H11N3OS/c1-2-7(1)12-5-10-13-3-8(14-10)9-4-11-6-15-9/h3-4,6-7,12H,1-2,5H2. The number of aromatic nitrogens is 2. The van der Waals surface area contributed by atoms with Crippen molar-refractivity contribution in [3.63, 3.8) is 0 Å². The molecule has 1 aliphatic rings. The van der Waals surface area contributed by atoms with E-state index >= 15 is 0 Å². The molecule has 1 aliphatic carbocycles. The summed E-state index contributed by atoms with van der Waals surface area (Å²) >= 11 is 1.56. The van der Waals surface area contributed by atoms with Crippen LogP contribution in [0.5, 0.6) is 0 Å². The Hall–Kier alpha value is -1.20. The molecule has 3 rings (SSSR count). The number of rotatable bonds is 4. The minimum atomic E-state index is 0.684. The molecule has 0 aromatic carbocycles. The molecular formula is C10H11N3OS. The zero-order valence-corrected chi connectivity index (χ0v) is 8.96. The molecule has 1 fully saturated rings. The minimum Gasteiger partial charge on any atom is -0.438 e. The number of nitrogens with one attached hydrogen (secondary N) is 1. The van der Waals surface area contributed by atoms with Crippen molar-refractivity contribution in [2.75, 3.05) is 0 Å². The predicted molar refractivity (Wildman–Crippen MR) is 57.5 cm³/mol. The van der Waals surface area contributed by atoms with Gasteiger partial charge < -0.3 is 9.73 Å². The quantitative estimate of drug-likeness (QED) is 0.858. The third-order valence-electron chi connectivity index (χ3n) is 2.35. The zero-order valence-electron chi connectivity index (χ0n) is 8.14. The van der Waals surface area contributed by atoms with Crippen LogP contribution in [0.15, 0.2) is 22.3 Å². The first-order chi connectivity index (χ1) is 7.42. The van der Waals surface area contributed by atoms with E-state index in [1.807, 2.05) is 0 Å². The van der Waals surface area contributed by atoms with Crippen molar-refractivity contribution in [1.82, 2.24) is 15.3 Å². The Bertz CT molecular complexity index is 433. The van der Waals surface area contributed by atoms with Gasteiger partial charge in [-0.1, -0.05) is 0 Å². The molecule has 0 atom stereocenters. The lowest BCUT2D eigenvalue weighted by Crippen LogP contribution is -2.15. The smallest absolute Gasteiger partial charge is 0.208 e. The third kappa shape index (κ3) is 2.08. The molecule has 1 N–H and O–H groups in total. The van der Waals surface area contributed by atoms with Gasteiger partial charge in [-0.05, 0) is 12.8 Å². The molecule has 0 bridgehead atoms. The Labute approximate surface area is 91.4 Å². The highest BCUT2D eigenvalue weighted by Gasteiger charge is 2.21. The van der Waals surface area contributed by atoms with Crippen LogP contribution in [0.1, 0.15) is 18.7 Å². The maximum atomic E-state index is 5.60. The summed E-state index contributed by atoms with van der Waals surface area (Å²) in [5.41, 5.74) is 1.79. The molecule has 4 nitrogen and oxygen atoms in total. The average Bonchev–Trinajstić information content (AvgIpc) is 2.78. The van der Waals surface area contributed by atoms with Crippen LogP contribution < -0.4 is 5.32 Å². The van der Waals surface area contributed by atoms with Crippen LogP contribution in [0.4, 0.5) is 0 Å². The fourth-order valence-electron chi connectivity index (χ4n) is 1.36. The molecule has 15 heavy (non-hydrogen) atoms. The van der Waals surface area contributed by atoms with Crippen molar-refractivity contribution in [2.24, 2.45) is 0 Å². The van der Waals surface area contributed by atoms with Crippen LogP contribution in [0.2, 0.25) is 0 Å². The Morgan fingerprint density at radius 1 is 1.47 bits per heavy atom. The minimum absolute atomic E-state index is 0.684. The summed E-state index contributed by atoms with van der Waals surface area (Å²) < 4.78 is 5.60. The molecule has 0 unspecified atom stereocenters. The van der Waals surface area contributed by atoms with E-state index in [0.29, 0.717) is 6.04 Å². The maximum absolute atomic E-state index is 5.60. The molecule has 2 heterocycles. The van der Waals surface area contributed by atoms with E-state index in [2.05, 4.69) is 15.3 Å². The second-order valence-corrected chi connectivity index (χ2v) is 4.53. The third-order valence-corrected chi connectivity index (χ3v) is 3.14. The number of hydrogen-bond donors (Lipinski definition) is 1. The van der Waals surface area contributed by atoms with Crippen molar-refractivity contribution in [2.45, 2.75) is 25.4 Å². The fourth-order valence-corrected chi connectivity index (χ4v) is 1.93. The Morgan fingerprint density at radius 2 is 2.40 bits per heavy atom. The Morgan fingerprint density at radius 3 is 3.13 bits per heavy atom. The van der Waals surface area contributed by atoms with Gasteiger partial charge in [0.05, 0.1) is 23.1 Å². The molecule has 0 spiro atoms. The first kappa shape index (κ1) is 9.06. The molecular weight excluding hydrogens is 210 g/mol. The van der Waals surface area contributed by atoms with Gasteiger partial charge in [-0.25, -0.2) is 4.98 Å². The van der Waals surface area contributed by atoms with Gasteiger partial charge in [0.2, 0.25) is 5.89 Å². The van der Waals surface area contributed by atoms with Gasteiger partial charge in [-0.2, -0.15) is 0 Å². The monoisotopic (exact) mass is 221 g/mol. The van der Waals surface area contributed by atoms with E-state index in [0.717, 1.165) is 23.1 Å². The average molecular weight is 221 g/mol. The summed E-state index contributed by atoms with van der Waals surface area (Å²) in [5.74, 6) is 1.57. The summed E-state index contributed by atoms with van der Waals surface area (Å²) in [5, 5.41) is 3.36. The van der Waals surface area contributed by atoms with E-state index in [1.54, 1.807) is 29.2 Å². The van der Waals surface area contributed by atoms with E-state index in [9.17, 15) is 0 Å². The van der Waals surface area contributed by atoms with Crippen molar-refractivity contribution in [3.8, 4) is 10.6 Å². The second-order valence-electron chi connectivity index (χ2n) is 3.64. The highest BCUT2D eigenvalue weighted by Crippen LogP contribution is 2.24.